The van der Waals surface area contributed by atoms with Crippen LogP contribution in [0, 0.1) is 3.57 Å². The summed E-state index contributed by atoms with van der Waals surface area (Å²) < 4.78 is 1.31. The van der Waals surface area contributed by atoms with E-state index < -0.39 is 0 Å². The fraction of sp³-hybridized carbons (Fsp3) is 0.600. The van der Waals surface area contributed by atoms with Gasteiger partial charge in [0.25, 0.3) is 0 Å². The van der Waals surface area contributed by atoms with Crippen molar-refractivity contribution in [1.29, 1.82) is 0 Å². The summed E-state index contributed by atoms with van der Waals surface area (Å²) in [6, 6.07) is 8.91. The molecule has 3 heteroatoms. The molecule has 0 bridgehead atoms. The fourth-order valence-corrected chi connectivity index (χ4v) is 3.11. The van der Waals surface area contributed by atoms with Gasteiger partial charge in [-0.25, -0.2) is 0 Å². The first-order valence-corrected chi connectivity index (χ1v) is 7.97. The number of piperazine rings is 1. The summed E-state index contributed by atoms with van der Waals surface area (Å²) in [6.45, 7) is 9.13. The molecule has 0 aliphatic carbocycles. The molecule has 0 radical (unpaired) electrons. The van der Waals surface area contributed by atoms with Crippen molar-refractivity contribution < 1.29 is 0 Å². The van der Waals surface area contributed by atoms with Crippen LogP contribution in [0.1, 0.15) is 32.3 Å². The molecule has 0 atom stereocenters. The van der Waals surface area contributed by atoms with Crippen molar-refractivity contribution in [3.05, 3.63) is 33.4 Å². The molecule has 1 saturated heterocycles. The third-order valence-electron chi connectivity index (χ3n) is 4.13. The van der Waals surface area contributed by atoms with Gasteiger partial charge in [-0.2, -0.15) is 0 Å². The van der Waals surface area contributed by atoms with Crippen LogP contribution in [0.15, 0.2) is 24.3 Å². The van der Waals surface area contributed by atoms with Crippen molar-refractivity contribution in [3.63, 3.8) is 0 Å². The van der Waals surface area contributed by atoms with Gasteiger partial charge >= 0.3 is 0 Å². The minimum Gasteiger partial charge on any atom is -0.309 e. The minimum atomic E-state index is 0.335. The fourth-order valence-electron chi connectivity index (χ4n) is 2.75. The summed E-state index contributed by atoms with van der Waals surface area (Å²) >= 11 is 2.36. The molecule has 2 rings (SSSR count). The van der Waals surface area contributed by atoms with Crippen molar-refractivity contribution >= 4 is 22.6 Å². The Hall–Kier alpha value is -0.130. The van der Waals surface area contributed by atoms with E-state index in [1.807, 2.05) is 0 Å². The molecule has 100 valence electrons. The van der Waals surface area contributed by atoms with Crippen LogP contribution in [-0.2, 0) is 6.54 Å². The van der Waals surface area contributed by atoms with Crippen LogP contribution < -0.4 is 5.32 Å². The maximum Gasteiger partial charge on any atom is 0.0304 e. The first-order chi connectivity index (χ1) is 8.67. The van der Waals surface area contributed by atoms with Crippen molar-refractivity contribution in [3.8, 4) is 0 Å². The number of hydrogen-bond donors (Lipinski definition) is 1. The summed E-state index contributed by atoms with van der Waals surface area (Å²) in [5.41, 5.74) is 1.76. The van der Waals surface area contributed by atoms with Crippen molar-refractivity contribution in [2.45, 2.75) is 38.8 Å². The second kappa shape index (κ2) is 6.35. The van der Waals surface area contributed by atoms with Crippen LogP contribution >= 0.6 is 22.6 Å². The van der Waals surface area contributed by atoms with Crippen LogP contribution in [-0.4, -0.2) is 30.1 Å². The Morgan fingerprint density at radius 2 is 1.89 bits per heavy atom. The third kappa shape index (κ3) is 3.45. The van der Waals surface area contributed by atoms with Crippen LogP contribution in [0.2, 0.25) is 0 Å². The molecule has 1 aliphatic heterocycles. The zero-order valence-electron chi connectivity index (χ0n) is 11.4. The van der Waals surface area contributed by atoms with Gasteiger partial charge in [0.1, 0.15) is 0 Å². The first-order valence-electron chi connectivity index (χ1n) is 6.89. The van der Waals surface area contributed by atoms with E-state index in [9.17, 15) is 0 Å². The molecular formula is C15H23IN2. The molecule has 0 unspecified atom stereocenters. The highest BCUT2D eigenvalue weighted by molar-refractivity contribution is 14.1. The van der Waals surface area contributed by atoms with E-state index in [-0.39, 0.29) is 0 Å². The Morgan fingerprint density at radius 1 is 1.22 bits per heavy atom. The zero-order valence-corrected chi connectivity index (χ0v) is 13.5. The predicted molar refractivity (Wildman–Crippen MR) is 85.8 cm³/mol. The molecule has 1 aliphatic rings. The van der Waals surface area contributed by atoms with Gasteiger partial charge in [-0.1, -0.05) is 26.0 Å². The van der Waals surface area contributed by atoms with Crippen LogP contribution in [0.25, 0.3) is 0 Å². The molecule has 0 spiro atoms. The van der Waals surface area contributed by atoms with Gasteiger partial charge in [0.05, 0.1) is 0 Å². The van der Waals surface area contributed by atoms with Gasteiger partial charge < -0.3 is 5.32 Å². The maximum absolute atomic E-state index is 3.71. The lowest BCUT2D eigenvalue weighted by Crippen LogP contribution is -2.59. The van der Waals surface area contributed by atoms with Gasteiger partial charge in [0, 0.05) is 35.3 Å². The Balaban J connectivity index is 1.99. The van der Waals surface area contributed by atoms with E-state index in [1.165, 1.54) is 28.5 Å². The normalized spacial score (nSPS) is 19.9. The SMILES string of the molecule is CCC1(CC)CN(Cc2ccc(I)cc2)CCN1. The number of nitrogens with one attached hydrogen (secondary N) is 1. The third-order valence-corrected chi connectivity index (χ3v) is 4.85. The summed E-state index contributed by atoms with van der Waals surface area (Å²) in [5.74, 6) is 0. The largest absolute Gasteiger partial charge is 0.309 e. The molecule has 1 heterocycles. The zero-order chi connectivity index (χ0) is 13.0. The quantitative estimate of drug-likeness (QED) is 0.832. The van der Waals surface area contributed by atoms with Crippen molar-refractivity contribution in [1.82, 2.24) is 10.2 Å². The van der Waals surface area contributed by atoms with Gasteiger partial charge in [-0.05, 0) is 53.1 Å². The Bertz CT molecular complexity index is 371. The molecule has 1 aromatic rings. The van der Waals surface area contributed by atoms with E-state index in [0.29, 0.717) is 5.54 Å². The van der Waals surface area contributed by atoms with Crippen molar-refractivity contribution in [2.24, 2.45) is 0 Å². The number of rotatable bonds is 4. The standard InChI is InChI=1S/C15H23IN2/c1-3-15(4-2)12-18(10-9-17-15)11-13-5-7-14(16)8-6-13/h5-8,17H,3-4,9-12H2,1-2H3. The summed E-state index contributed by atoms with van der Waals surface area (Å²) in [7, 11) is 0. The lowest BCUT2D eigenvalue weighted by Gasteiger charge is -2.43. The number of halogens is 1. The van der Waals surface area contributed by atoms with E-state index >= 15 is 0 Å². The molecule has 1 fully saturated rings. The highest BCUT2D eigenvalue weighted by Crippen LogP contribution is 2.21. The molecule has 1 aromatic carbocycles. The van der Waals surface area contributed by atoms with Gasteiger partial charge in [-0.15, -0.1) is 0 Å². The Kier molecular flexibility index (Phi) is 5.04. The predicted octanol–water partition coefficient (Wildman–Crippen LogP) is 3.26. The number of hydrogen-bond acceptors (Lipinski definition) is 2. The van der Waals surface area contributed by atoms with Crippen LogP contribution in [0.5, 0.6) is 0 Å². The summed E-state index contributed by atoms with van der Waals surface area (Å²) in [6.07, 6.45) is 2.43. The highest BCUT2D eigenvalue weighted by atomic mass is 127. The highest BCUT2D eigenvalue weighted by Gasteiger charge is 2.31. The first kappa shape index (κ1) is 14.3. The smallest absolute Gasteiger partial charge is 0.0304 e. The second-order valence-corrected chi connectivity index (χ2v) is 6.50. The van der Waals surface area contributed by atoms with Crippen LogP contribution in [0.4, 0.5) is 0 Å². The molecule has 18 heavy (non-hydrogen) atoms. The molecule has 1 N–H and O–H groups in total. The van der Waals surface area contributed by atoms with E-state index in [4.69, 9.17) is 0 Å². The lowest BCUT2D eigenvalue weighted by molar-refractivity contribution is 0.118. The number of nitrogens with zero attached hydrogens (tertiary/aromatic N) is 1. The Labute approximate surface area is 124 Å². The van der Waals surface area contributed by atoms with E-state index in [1.54, 1.807) is 0 Å². The maximum atomic E-state index is 3.71. The Morgan fingerprint density at radius 3 is 2.50 bits per heavy atom. The lowest BCUT2D eigenvalue weighted by atomic mass is 9.90. The summed E-state index contributed by atoms with van der Waals surface area (Å²) in [5, 5.41) is 3.71. The summed E-state index contributed by atoms with van der Waals surface area (Å²) in [4.78, 5) is 2.59. The molecular weight excluding hydrogens is 335 g/mol. The molecule has 0 amide bonds. The van der Waals surface area contributed by atoms with Gasteiger partial charge in [0.15, 0.2) is 0 Å². The average molecular weight is 358 g/mol. The van der Waals surface area contributed by atoms with Gasteiger partial charge in [0.2, 0.25) is 0 Å². The van der Waals surface area contributed by atoms with Crippen LogP contribution in [0.3, 0.4) is 0 Å². The molecule has 0 saturated carbocycles. The minimum absolute atomic E-state index is 0.335. The van der Waals surface area contributed by atoms with Crippen molar-refractivity contribution in [2.75, 3.05) is 19.6 Å². The molecule has 0 aromatic heterocycles. The second-order valence-electron chi connectivity index (χ2n) is 5.25. The number of benzene rings is 1. The topological polar surface area (TPSA) is 15.3 Å². The monoisotopic (exact) mass is 358 g/mol. The molecule has 2 nitrogen and oxygen atoms in total. The average Bonchev–Trinajstić information content (AvgIpc) is 2.41. The van der Waals surface area contributed by atoms with E-state index in [0.717, 1.165) is 19.6 Å². The van der Waals surface area contributed by atoms with Gasteiger partial charge in [-0.3, -0.25) is 4.90 Å². The van der Waals surface area contributed by atoms with E-state index in [2.05, 4.69) is 70.9 Å².